The highest BCUT2D eigenvalue weighted by Crippen LogP contribution is 2.34. The van der Waals surface area contributed by atoms with Gasteiger partial charge in [0.1, 0.15) is 5.69 Å². The largest absolute Gasteiger partial charge is 0.349 e. The summed E-state index contributed by atoms with van der Waals surface area (Å²) < 4.78 is 5.76. The summed E-state index contributed by atoms with van der Waals surface area (Å²) in [4.78, 5) is 0. The highest BCUT2D eigenvalue weighted by molar-refractivity contribution is 14.1. The summed E-state index contributed by atoms with van der Waals surface area (Å²) in [6.07, 6.45) is 0. The molecule has 0 aliphatic carbocycles. The Morgan fingerprint density at radius 1 is 1.55 bits per heavy atom. The summed E-state index contributed by atoms with van der Waals surface area (Å²) in [7, 11) is 0. The smallest absolute Gasteiger partial charge is 0.205 e. The maximum atomic E-state index is 4.98. The first-order valence-corrected chi connectivity index (χ1v) is 5.11. The van der Waals surface area contributed by atoms with Gasteiger partial charge in [0.25, 0.3) is 0 Å². The molecular formula is C7H9BrINO. The second-order valence-electron chi connectivity index (χ2n) is 2.90. The molecule has 0 saturated heterocycles. The van der Waals surface area contributed by atoms with E-state index in [0.29, 0.717) is 0 Å². The van der Waals surface area contributed by atoms with Gasteiger partial charge in [-0.15, -0.1) is 0 Å². The van der Waals surface area contributed by atoms with Gasteiger partial charge in [-0.1, -0.05) is 27.7 Å². The van der Waals surface area contributed by atoms with E-state index in [1.807, 2.05) is 6.92 Å². The van der Waals surface area contributed by atoms with E-state index in [-0.39, 0.29) is 3.42 Å². The van der Waals surface area contributed by atoms with Gasteiger partial charge in [-0.2, -0.15) is 0 Å². The number of rotatable bonds is 1. The summed E-state index contributed by atoms with van der Waals surface area (Å²) in [5.41, 5.74) is 2.09. The lowest BCUT2D eigenvalue weighted by atomic mass is 10.1. The Balaban J connectivity index is 3.15. The van der Waals surface area contributed by atoms with Gasteiger partial charge in [0, 0.05) is 5.56 Å². The molecule has 0 aromatic carbocycles. The zero-order valence-electron chi connectivity index (χ0n) is 6.61. The predicted molar refractivity (Wildman–Crippen MR) is 56.0 cm³/mol. The second kappa shape index (κ2) is 3.05. The Morgan fingerprint density at radius 3 is 2.27 bits per heavy atom. The summed E-state index contributed by atoms with van der Waals surface area (Å²) in [6, 6.07) is 0. The van der Waals surface area contributed by atoms with Crippen LogP contribution in [0, 0.1) is 6.92 Å². The topological polar surface area (TPSA) is 26.0 Å². The van der Waals surface area contributed by atoms with Crippen molar-refractivity contribution < 1.29 is 4.52 Å². The molecule has 0 atom stereocenters. The zero-order valence-corrected chi connectivity index (χ0v) is 10.4. The van der Waals surface area contributed by atoms with Gasteiger partial charge in [0.05, 0.1) is 3.42 Å². The van der Waals surface area contributed by atoms with E-state index in [9.17, 15) is 0 Å². The van der Waals surface area contributed by atoms with Crippen molar-refractivity contribution in [1.29, 1.82) is 0 Å². The van der Waals surface area contributed by atoms with E-state index in [1.54, 1.807) is 0 Å². The first kappa shape index (κ1) is 9.51. The molecule has 62 valence electrons. The fourth-order valence-electron chi connectivity index (χ4n) is 0.870. The summed E-state index contributed by atoms with van der Waals surface area (Å²) in [5, 5.41) is 3.96. The molecule has 0 radical (unpaired) electrons. The lowest BCUT2D eigenvalue weighted by Gasteiger charge is -2.12. The van der Waals surface area contributed by atoms with Crippen molar-refractivity contribution in [3.8, 4) is 0 Å². The first-order chi connectivity index (χ1) is 4.93. The van der Waals surface area contributed by atoms with Gasteiger partial charge < -0.3 is 4.52 Å². The Morgan fingerprint density at radius 2 is 2.09 bits per heavy atom. The minimum Gasteiger partial charge on any atom is -0.349 e. The van der Waals surface area contributed by atoms with Gasteiger partial charge in [0.2, 0.25) is 4.67 Å². The van der Waals surface area contributed by atoms with Crippen LogP contribution < -0.4 is 0 Å². The molecule has 0 saturated carbocycles. The van der Waals surface area contributed by atoms with E-state index in [2.05, 4.69) is 57.5 Å². The minimum absolute atomic E-state index is 0.0391. The van der Waals surface area contributed by atoms with Crippen molar-refractivity contribution in [1.82, 2.24) is 5.16 Å². The molecule has 4 heteroatoms. The van der Waals surface area contributed by atoms with Crippen molar-refractivity contribution in [2.24, 2.45) is 0 Å². The van der Waals surface area contributed by atoms with Gasteiger partial charge in [-0.05, 0) is 36.7 Å². The number of halogens is 2. The molecule has 0 aliphatic rings. The fraction of sp³-hybridized carbons (Fsp3) is 0.571. The zero-order chi connectivity index (χ0) is 8.65. The monoisotopic (exact) mass is 329 g/mol. The van der Waals surface area contributed by atoms with Crippen LogP contribution in [-0.4, -0.2) is 5.16 Å². The Kier molecular flexibility index (Phi) is 2.63. The summed E-state index contributed by atoms with van der Waals surface area (Å²) in [5.74, 6) is 0. The van der Waals surface area contributed by atoms with E-state index in [0.717, 1.165) is 15.9 Å². The SMILES string of the molecule is Cc1c(C(C)(C)I)noc1Br. The maximum absolute atomic E-state index is 4.98. The van der Waals surface area contributed by atoms with E-state index < -0.39 is 0 Å². The average molecular weight is 330 g/mol. The highest BCUT2D eigenvalue weighted by Gasteiger charge is 2.24. The van der Waals surface area contributed by atoms with Crippen LogP contribution in [0.1, 0.15) is 25.1 Å². The molecule has 1 heterocycles. The third-order valence-electron chi connectivity index (χ3n) is 1.43. The minimum atomic E-state index is 0.0391. The third-order valence-corrected chi connectivity index (χ3v) is 2.68. The maximum Gasteiger partial charge on any atom is 0.205 e. The number of nitrogens with zero attached hydrogens (tertiary/aromatic N) is 1. The molecule has 2 nitrogen and oxygen atoms in total. The molecule has 0 spiro atoms. The molecule has 0 unspecified atom stereocenters. The highest BCUT2D eigenvalue weighted by atomic mass is 127. The number of hydrogen-bond acceptors (Lipinski definition) is 2. The summed E-state index contributed by atoms with van der Waals surface area (Å²) >= 11 is 5.61. The number of hydrogen-bond donors (Lipinski definition) is 0. The fourth-order valence-corrected chi connectivity index (χ4v) is 1.63. The molecule has 1 aromatic rings. The van der Waals surface area contributed by atoms with Crippen molar-refractivity contribution in [3.05, 3.63) is 15.9 Å². The van der Waals surface area contributed by atoms with Gasteiger partial charge in [0.15, 0.2) is 0 Å². The standard InChI is InChI=1S/C7H9BrINO/c1-4-5(7(2,3)9)10-11-6(4)8/h1-3H3. The predicted octanol–water partition coefficient (Wildman–Crippen LogP) is 3.42. The molecule has 0 N–H and O–H groups in total. The summed E-state index contributed by atoms with van der Waals surface area (Å²) in [6.45, 7) is 6.20. The molecule has 0 aliphatic heterocycles. The van der Waals surface area contributed by atoms with E-state index >= 15 is 0 Å². The second-order valence-corrected chi connectivity index (χ2v) is 6.32. The Hall–Kier alpha value is 0.420. The van der Waals surface area contributed by atoms with Gasteiger partial charge >= 0.3 is 0 Å². The molecule has 11 heavy (non-hydrogen) atoms. The van der Waals surface area contributed by atoms with Crippen molar-refractivity contribution >= 4 is 38.5 Å². The lowest BCUT2D eigenvalue weighted by molar-refractivity contribution is 0.389. The third kappa shape index (κ3) is 1.96. The molecule has 0 fully saturated rings. The lowest BCUT2D eigenvalue weighted by Crippen LogP contribution is -2.08. The quantitative estimate of drug-likeness (QED) is 0.583. The van der Waals surface area contributed by atoms with Crippen LogP contribution >= 0.6 is 38.5 Å². The van der Waals surface area contributed by atoms with Crippen molar-refractivity contribution in [2.75, 3.05) is 0 Å². The van der Waals surface area contributed by atoms with Crippen molar-refractivity contribution in [2.45, 2.75) is 24.2 Å². The van der Waals surface area contributed by atoms with Crippen LogP contribution in [0.3, 0.4) is 0 Å². The molecular weight excluding hydrogens is 321 g/mol. The average Bonchev–Trinajstić information content (AvgIpc) is 2.11. The molecule has 1 aromatic heterocycles. The first-order valence-electron chi connectivity index (χ1n) is 3.24. The van der Waals surface area contributed by atoms with Crippen LogP contribution in [0.15, 0.2) is 9.19 Å². The van der Waals surface area contributed by atoms with Crippen LogP contribution in [0.5, 0.6) is 0 Å². The van der Waals surface area contributed by atoms with Gasteiger partial charge in [-0.3, -0.25) is 0 Å². The van der Waals surface area contributed by atoms with E-state index in [1.165, 1.54) is 0 Å². The normalized spacial score (nSPS) is 12.1. The van der Waals surface area contributed by atoms with Gasteiger partial charge in [-0.25, -0.2) is 0 Å². The number of alkyl halides is 1. The van der Waals surface area contributed by atoms with Crippen LogP contribution in [0.25, 0.3) is 0 Å². The molecule has 0 bridgehead atoms. The van der Waals surface area contributed by atoms with E-state index in [4.69, 9.17) is 4.52 Å². The van der Waals surface area contributed by atoms with Crippen LogP contribution in [-0.2, 0) is 3.42 Å². The van der Waals surface area contributed by atoms with Crippen LogP contribution in [0.2, 0.25) is 0 Å². The van der Waals surface area contributed by atoms with Crippen molar-refractivity contribution in [3.63, 3.8) is 0 Å². The number of aromatic nitrogens is 1. The Bertz CT molecular complexity index is 264. The molecule has 1 rings (SSSR count). The van der Waals surface area contributed by atoms with Crippen LogP contribution in [0.4, 0.5) is 0 Å². The Labute approximate surface area is 88.0 Å². The molecule has 0 amide bonds.